The van der Waals surface area contributed by atoms with Gasteiger partial charge in [-0.2, -0.15) is 0 Å². The topological polar surface area (TPSA) is 130 Å². The Balaban J connectivity index is 3.04. The molecule has 1 heterocycles. The highest BCUT2D eigenvalue weighted by Gasteiger charge is 2.42. The van der Waals surface area contributed by atoms with Crippen molar-refractivity contribution in [3.05, 3.63) is 0 Å². The number of rotatable bonds is 6. The van der Waals surface area contributed by atoms with Crippen molar-refractivity contribution in [3.63, 3.8) is 0 Å². The van der Waals surface area contributed by atoms with Crippen LogP contribution in [0, 0.1) is 0 Å². The molecule has 1 saturated heterocycles. The van der Waals surface area contributed by atoms with Gasteiger partial charge >= 0.3 is 17.9 Å². The summed E-state index contributed by atoms with van der Waals surface area (Å²) in [7, 11) is 0. The second-order valence-electron chi connectivity index (χ2n) is 8.40. The normalized spacial score (nSPS) is 24.1. The van der Waals surface area contributed by atoms with E-state index >= 15 is 0 Å². The number of aliphatic carboxylic acids is 3. The summed E-state index contributed by atoms with van der Waals surface area (Å²) >= 11 is 0. The second kappa shape index (κ2) is 10.7. The van der Waals surface area contributed by atoms with Crippen LogP contribution in [-0.4, -0.2) is 125 Å². The predicted molar refractivity (Wildman–Crippen MR) is 103 cm³/mol. The minimum absolute atomic E-state index is 0.0305. The van der Waals surface area contributed by atoms with Gasteiger partial charge in [-0.05, 0) is 20.8 Å². The molecule has 162 valence electrons. The van der Waals surface area contributed by atoms with Crippen LogP contribution in [-0.2, 0) is 14.4 Å². The predicted octanol–water partition coefficient (Wildman–Crippen LogP) is -0.937. The molecule has 1 rings (SSSR count). The summed E-state index contributed by atoms with van der Waals surface area (Å²) < 4.78 is 0.338. The number of quaternary nitrogens is 1. The summed E-state index contributed by atoms with van der Waals surface area (Å²) in [6, 6.07) is 0. The Labute approximate surface area is 166 Å². The van der Waals surface area contributed by atoms with Crippen molar-refractivity contribution < 1.29 is 34.2 Å². The van der Waals surface area contributed by atoms with Gasteiger partial charge in [0.25, 0.3) is 0 Å². The molecule has 0 aliphatic carbocycles. The minimum Gasteiger partial charge on any atom is -0.480 e. The zero-order valence-electron chi connectivity index (χ0n) is 17.2. The summed E-state index contributed by atoms with van der Waals surface area (Å²) in [5, 5.41) is 31.1. The van der Waals surface area contributed by atoms with E-state index in [0.29, 0.717) is 56.8 Å². The number of carboxylic acid groups (broad SMARTS) is 3. The van der Waals surface area contributed by atoms with Crippen molar-refractivity contribution in [2.75, 3.05) is 72.0 Å². The van der Waals surface area contributed by atoms with Gasteiger partial charge in [-0.3, -0.25) is 19.4 Å². The van der Waals surface area contributed by atoms with Crippen LogP contribution in [0.1, 0.15) is 20.8 Å². The van der Waals surface area contributed by atoms with E-state index in [-0.39, 0.29) is 25.2 Å². The molecule has 4 N–H and O–H groups in total. The van der Waals surface area contributed by atoms with Crippen LogP contribution in [0.25, 0.3) is 0 Å². The molecule has 0 aromatic rings. The molecule has 1 aliphatic heterocycles. The first-order chi connectivity index (χ1) is 12.9. The molecule has 1 fully saturated rings. The van der Waals surface area contributed by atoms with Crippen LogP contribution in [0.5, 0.6) is 0 Å². The minimum atomic E-state index is -0.953. The van der Waals surface area contributed by atoms with Gasteiger partial charge in [-0.25, -0.2) is 4.79 Å². The third-order valence-electron chi connectivity index (χ3n) is 5.48. The second-order valence-corrected chi connectivity index (χ2v) is 8.40. The monoisotopic (exact) mass is 403 g/mol. The lowest BCUT2D eigenvalue weighted by Crippen LogP contribution is -2.66. The van der Waals surface area contributed by atoms with Crippen LogP contribution in [0.4, 0.5) is 0 Å². The summed E-state index contributed by atoms with van der Waals surface area (Å²) in [5.74, 6) is -2.74. The van der Waals surface area contributed by atoms with Gasteiger partial charge in [0.2, 0.25) is 0 Å². The van der Waals surface area contributed by atoms with Crippen molar-refractivity contribution in [2.45, 2.75) is 26.3 Å². The van der Waals surface area contributed by atoms with E-state index in [4.69, 9.17) is 5.11 Å². The zero-order valence-corrected chi connectivity index (χ0v) is 17.2. The van der Waals surface area contributed by atoms with Crippen LogP contribution >= 0.6 is 0 Å². The van der Waals surface area contributed by atoms with Crippen LogP contribution in [0.3, 0.4) is 0 Å². The van der Waals surface area contributed by atoms with Crippen molar-refractivity contribution in [1.29, 1.82) is 0 Å². The maximum atomic E-state index is 11.6. The molecule has 0 bridgehead atoms. The van der Waals surface area contributed by atoms with Crippen LogP contribution < -0.4 is 5.32 Å². The van der Waals surface area contributed by atoms with E-state index in [2.05, 4.69) is 5.32 Å². The Morgan fingerprint density at radius 1 is 0.821 bits per heavy atom. The third-order valence-corrected chi connectivity index (χ3v) is 5.48. The van der Waals surface area contributed by atoms with Gasteiger partial charge in [0, 0.05) is 39.3 Å². The lowest BCUT2D eigenvalue weighted by atomic mass is 10.00. The summed E-state index contributed by atoms with van der Waals surface area (Å²) in [6.45, 7) is 9.85. The first-order valence-corrected chi connectivity index (χ1v) is 9.62. The number of hydrogen-bond acceptors (Lipinski definition) is 6. The molecule has 0 aromatic carbocycles. The van der Waals surface area contributed by atoms with Crippen LogP contribution in [0.15, 0.2) is 0 Å². The first-order valence-electron chi connectivity index (χ1n) is 9.62. The average Bonchev–Trinajstić information content (AvgIpc) is 2.52. The highest BCUT2D eigenvalue weighted by atomic mass is 16.4. The summed E-state index contributed by atoms with van der Waals surface area (Å²) in [5.41, 5.74) is -0.325. The van der Waals surface area contributed by atoms with E-state index in [1.54, 1.807) is 9.80 Å². The molecular weight excluding hydrogens is 368 g/mol. The Morgan fingerprint density at radius 2 is 1.36 bits per heavy atom. The fraction of sp³-hybridized carbons (Fsp3) is 0.833. The first kappa shape index (κ1) is 24.3. The smallest absolute Gasteiger partial charge is 0.359 e. The highest BCUT2D eigenvalue weighted by molar-refractivity contribution is 5.69. The number of carbonyl (C=O) groups is 3. The lowest BCUT2D eigenvalue weighted by Gasteiger charge is -2.49. The molecular formula is C18H35N4O6+. The SMILES string of the molecule is CC(C)(C)[N+]1(CC(=O)O)CCNCCN(CC(=O)O)CCN(CC(=O)O)CC1. The number of nitrogens with one attached hydrogen (secondary N) is 1. The van der Waals surface area contributed by atoms with E-state index in [1.807, 2.05) is 20.8 Å². The third kappa shape index (κ3) is 8.09. The Hall–Kier alpha value is -1.75. The molecule has 0 spiro atoms. The van der Waals surface area contributed by atoms with Gasteiger partial charge in [-0.15, -0.1) is 0 Å². The molecule has 1 atom stereocenters. The van der Waals surface area contributed by atoms with Gasteiger partial charge in [0.15, 0.2) is 6.54 Å². The van der Waals surface area contributed by atoms with Gasteiger partial charge in [0.1, 0.15) is 0 Å². The van der Waals surface area contributed by atoms with Crippen molar-refractivity contribution in [2.24, 2.45) is 0 Å². The Bertz CT molecular complexity index is 551. The summed E-state index contributed by atoms with van der Waals surface area (Å²) in [4.78, 5) is 37.5. The Morgan fingerprint density at radius 3 is 1.82 bits per heavy atom. The molecule has 28 heavy (non-hydrogen) atoms. The average molecular weight is 404 g/mol. The largest absolute Gasteiger partial charge is 0.480 e. The molecule has 0 saturated carbocycles. The molecule has 10 nitrogen and oxygen atoms in total. The van der Waals surface area contributed by atoms with Crippen molar-refractivity contribution in [1.82, 2.24) is 15.1 Å². The fourth-order valence-corrected chi connectivity index (χ4v) is 3.63. The number of carboxylic acids is 3. The van der Waals surface area contributed by atoms with Crippen molar-refractivity contribution >= 4 is 17.9 Å². The van der Waals surface area contributed by atoms with E-state index in [0.717, 1.165) is 0 Å². The molecule has 0 radical (unpaired) electrons. The molecule has 0 aromatic heterocycles. The molecule has 10 heteroatoms. The highest BCUT2D eigenvalue weighted by Crippen LogP contribution is 2.24. The maximum Gasteiger partial charge on any atom is 0.359 e. The number of hydrogen-bond donors (Lipinski definition) is 4. The van der Waals surface area contributed by atoms with Gasteiger partial charge < -0.3 is 25.1 Å². The quantitative estimate of drug-likeness (QED) is 0.415. The van der Waals surface area contributed by atoms with E-state index < -0.39 is 17.9 Å². The molecule has 0 amide bonds. The summed E-state index contributed by atoms with van der Waals surface area (Å²) in [6.07, 6.45) is 0. The standard InChI is InChI=1S/C18H34N4O6/c1-18(2,3)22(14-17(27)28)10-5-19-4-6-20(12-15(23)24)7-8-21(9-11-22)13-16(25)26/h19H,4-14H2,1-3H3,(H2-,23,24,25,26,27,28)/p+1. The lowest BCUT2D eigenvalue weighted by molar-refractivity contribution is -0.962. The van der Waals surface area contributed by atoms with Gasteiger partial charge in [0.05, 0.1) is 31.7 Å². The number of nitrogens with zero attached hydrogens (tertiary/aromatic N) is 3. The van der Waals surface area contributed by atoms with E-state index in [1.165, 1.54) is 0 Å². The zero-order chi connectivity index (χ0) is 21.4. The van der Waals surface area contributed by atoms with Gasteiger partial charge in [-0.1, -0.05) is 0 Å². The van der Waals surface area contributed by atoms with E-state index in [9.17, 15) is 24.6 Å². The fourth-order valence-electron chi connectivity index (χ4n) is 3.63. The Kier molecular flexibility index (Phi) is 9.28. The molecule has 1 aliphatic rings. The molecule has 1 unspecified atom stereocenters. The van der Waals surface area contributed by atoms with Crippen LogP contribution in [0.2, 0.25) is 0 Å². The van der Waals surface area contributed by atoms with Crippen molar-refractivity contribution in [3.8, 4) is 0 Å². The maximum absolute atomic E-state index is 11.6.